The lowest BCUT2D eigenvalue weighted by molar-refractivity contribution is -0.139. The van der Waals surface area contributed by atoms with Gasteiger partial charge in [-0.3, -0.25) is 0 Å². The van der Waals surface area contributed by atoms with Crippen LogP contribution in [0.15, 0.2) is 4.34 Å². The molecule has 14 heavy (non-hydrogen) atoms. The van der Waals surface area contributed by atoms with Crippen molar-refractivity contribution in [2.24, 2.45) is 0 Å². The summed E-state index contributed by atoms with van der Waals surface area (Å²) in [6.45, 7) is -0.571. The maximum Gasteiger partial charge on any atom is 0.341 e. The molecule has 1 heterocycles. The van der Waals surface area contributed by atoms with Crippen molar-refractivity contribution in [2.75, 3.05) is 12.9 Å². The van der Waals surface area contributed by atoms with Gasteiger partial charge in [-0.25, -0.2) is 13.2 Å². The highest BCUT2D eigenvalue weighted by molar-refractivity contribution is 7.92. The molecule has 0 spiro atoms. The van der Waals surface area contributed by atoms with Gasteiger partial charge >= 0.3 is 5.97 Å². The molecule has 0 saturated heterocycles. The highest BCUT2D eigenvalue weighted by atomic mass is 32.2. The predicted molar refractivity (Wildman–Crippen MR) is 46.1 cm³/mol. The first-order valence-corrected chi connectivity index (χ1v) is 5.98. The second-order valence-corrected chi connectivity index (χ2v) is 5.42. The van der Waals surface area contributed by atoms with Crippen LogP contribution in [0.3, 0.4) is 0 Å². The molecule has 0 aliphatic carbocycles. The molecule has 0 saturated carbocycles. The summed E-state index contributed by atoms with van der Waals surface area (Å²) in [7, 11) is -3.40. The summed E-state index contributed by atoms with van der Waals surface area (Å²) >= 11 is 0.686. The van der Waals surface area contributed by atoms with Crippen molar-refractivity contribution in [3.8, 4) is 5.19 Å². The Morgan fingerprint density at radius 2 is 2.21 bits per heavy atom. The molecule has 0 unspecified atom stereocenters. The van der Waals surface area contributed by atoms with E-state index in [-0.39, 0.29) is 9.53 Å². The van der Waals surface area contributed by atoms with E-state index in [2.05, 4.69) is 14.9 Å². The van der Waals surface area contributed by atoms with E-state index in [1.807, 2.05) is 0 Å². The van der Waals surface area contributed by atoms with Gasteiger partial charge < -0.3 is 9.84 Å². The molecule has 1 rings (SSSR count). The molecule has 78 valence electrons. The van der Waals surface area contributed by atoms with Crippen LogP contribution in [0.25, 0.3) is 0 Å². The number of nitrogens with zero attached hydrogens (tertiary/aromatic N) is 2. The van der Waals surface area contributed by atoms with Gasteiger partial charge in [-0.05, 0) is 11.3 Å². The number of carbonyl (C=O) groups is 1. The van der Waals surface area contributed by atoms with Crippen LogP contribution in [0.5, 0.6) is 5.19 Å². The molecule has 9 heteroatoms. The van der Waals surface area contributed by atoms with E-state index in [0.717, 1.165) is 6.26 Å². The van der Waals surface area contributed by atoms with Gasteiger partial charge in [0.05, 0.1) is 0 Å². The minimum atomic E-state index is -3.40. The van der Waals surface area contributed by atoms with Gasteiger partial charge in [-0.1, -0.05) is 5.10 Å². The molecule has 0 radical (unpaired) electrons. The van der Waals surface area contributed by atoms with Crippen LogP contribution in [0.4, 0.5) is 0 Å². The van der Waals surface area contributed by atoms with Gasteiger partial charge in [0.2, 0.25) is 14.2 Å². The zero-order chi connectivity index (χ0) is 10.8. The molecule has 7 nitrogen and oxygen atoms in total. The molecule has 0 bridgehead atoms. The lowest BCUT2D eigenvalue weighted by Gasteiger charge is -1.93. The van der Waals surface area contributed by atoms with Gasteiger partial charge in [0.15, 0.2) is 6.61 Å². The third kappa shape index (κ3) is 2.92. The first kappa shape index (κ1) is 10.9. The van der Waals surface area contributed by atoms with Crippen molar-refractivity contribution in [2.45, 2.75) is 4.34 Å². The summed E-state index contributed by atoms with van der Waals surface area (Å²) < 4.78 is 26.3. The molecular weight excluding hydrogens is 232 g/mol. The maximum atomic E-state index is 10.9. The molecule has 0 amide bonds. The number of aliphatic carboxylic acids is 1. The van der Waals surface area contributed by atoms with Gasteiger partial charge in [0.25, 0.3) is 5.19 Å². The van der Waals surface area contributed by atoms with Gasteiger partial charge in [0, 0.05) is 6.26 Å². The molecular formula is C5H6N2O5S2. The number of carboxylic acid groups (broad SMARTS) is 1. The number of rotatable bonds is 4. The van der Waals surface area contributed by atoms with Crippen LogP contribution >= 0.6 is 11.3 Å². The zero-order valence-corrected chi connectivity index (χ0v) is 8.63. The van der Waals surface area contributed by atoms with Crippen molar-refractivity contribution in [3.63, 3.8) is 0 Å². The summed E-state index contributed by atoms with van der Waals surface area (Å²) in [5.74, 6) is -1.17. The molecule has 0 aromatic carbocycles. The summed E-state index contributed by atoms with van der Waals surface area (Å²) in [6, 6.07) is 0. The first-order valence-electron chi connectivity index (χ1n) is 3.28. The number of aromatic nitrogens is 2. The van der Waals surface area contributed by atoms with E-state index in [4.69, 9.17) is 5.11 Å². The number of hydrogen-bond donors (Lipinski definition) is 1. The fraction of sp³-hybridized carbons (Fsp3) is 0.400. The van der Waals surface area contributed by atoms with Crippen molar-refractivity contribution >= 4 is 27.1 Å². The average molecular weight is 238 g/mol. The fourth-order valence-corrected chi connectivity index (χ4v) is 1.97. The Bertz CT molecular complexity index is 437. The topological polar surface area (TPSA) is 106 Å². The van der Waals surface area contributed by atoms with E-state index < -0.39 is 22.4 Å². The summed E-state index contributed by atoms with van der Waals surface area (Å²) in [5, 5.41) is 14.9. The Labute approximate surface area is 83.3 Å². The average Bonchev–Trinajstić information content (AvgIpc) is 2.47. The quantitative estimate of drug-likeness (QED) is 0.746. The van der Waals surface area contributed by atoms with E-state index in [0.29, 0.717) is 11.3 Å². The van der Waals surface area contributed by atoms with Crippen LogP contribution < -0.4 is 4.74 Å². The van der Waals surface area contributed by atoms with Crippen LogP contribution in [0.2, 0.25) is 0 Å². The summed E-state index contributed by atoms with van der Waals surface area (Å²) in [5.41, 5.74) is 0. The van der Waals surface area contributed by atoms with Crippen LogP contribution in [0.1, 0.15) is 0 Å². The molecule has 0 aliphatic rings. The normalized spacial score (nSPS) is 11.2. The first-order chi connectivity index (χ1) is 6.39. The Morgan fingerprint density at radius 3 is 2.64 bits per heavy atom. The molecule has 0 atom stereocenters. The number of carboxylic acids is 1. The van der Waals surface area contributed by atoms with Crippen molar-refractivity contribution in [1.82, 2.24) is 10.2 Å². The fourth-order valence-electron chi connectivity index (χ4n) is 0.529. The van der Waals surface area contributed by atoms with Crippen LogP contribution in [-0.2, 0) is 14.6 Å². The summed E-state index contributed by atoms with van der Waals surface area (Å²) in [4.78, 5) is 10.1. The third-order valence-corrected chi connectivity index (χ3v) is 3.53. The summed E-state index contributed by atoms with van der Waals surface area (Å²) in [6.07, 6.45) is 0.981. The zero-order valence-electron chi connectivity index (χ0n) is 7.00. The largest absolute Gasteiger partial charge is 0.479 e. The lowest BCUT2D eigenvalue weighted by Crippen LogP contribution is -2.09. The maximum absolute atomic E-state index is 10.9. The Morgan fingerprint density at radius 1 is 1.57 bits per heavy atom. The number of sulfone groups is 1. The molecule has 1 aromatic heterocycles. The van der Waals surface area contributed by atoms with Crippen molar-refractivity contribution in [3.05, 3.63) is 0 Å². The van der Waals surface area contributed by atoms with E-state index in [9.17, 15) is 13.2 Å². The highest BCUT2D eigenvalue weighted by Gasteiger charge is 2.15. The minimum Gasteiger partial charge on any atom is -0.479 e. The molecule has 0 aliphatic heterocycles. The molecule has 1 N–H and O–H groups in total. The monoisotopic (exact) mass is 238 g/mol. The predicted octanol–water partition coefficient (Wildman–Crippen LogP) is -0.595. The van der Waals surface area contributed by atoms with Crippen LogP contribution in [0, 0.1) is 0 Å². The standard InChI is InChI=1S/C5H6N2O5S2/c1-14(10,11)5-7-6-4(13-5)12-2-3(8)9/h2H2,1H3,(H,8,9). The Hall–Kier alpha value is -1.22. The van der Waals surface area contributed by atoms with E-state index in [1.54, 1.807) is 0 Å². The third-order valence-electron chi connectivity index (χ3n) is 1.02. The van der Waals surface area contributed by atoms with E-state index in [1.165, 1.54) is 0 Å². The smallest absolute Gasteiger partial charge is 0.341 e. The Balaban J connectivity index is 2.74. The van der Waals surface area contributed by atoms with Gasteiger partial charge in [-0.15, -0.1) is 5.10 Å². The van der Waals surface area contributed by atoms with Crippen LogP contribution in [-0.4, -0.2) is 42.6 Å². The Kier molecular flexibility index (Phi) is 3.01. The van der Waals surface area contributed by atoms with E-state index >= 15 is 0 Å². The number of hydrogen-bond acceptors (Lipinski definition) is 7. The lowest BCUT2D eigenvalue weighted by atomic mass is 10.8. The van der Waals surface area contributed by atoms with Gasteiger partial charge in [0.1, 0.15) is 0 Å². The SMILES string of the molecule is CS(=O)(=O)c1nnc(OCC(=O)O)s1. The second kappa shape index (κ2) is 3.88. The molecule has 0 fully saturated rings. The highest BCUT2D eigenvalue weighted by Crippen LogP contribution is 2.21. The molecule has 1 aromatic rings. The number of ether oxygens (including phenoxy) is 1. The van der Waals surface area contributed by atoms with Crippen molar-refractivity contribution < 1.29 is 23.1 Å². The minimum absolute atomic E-state index is 0.0761. The van der Waals surface area contributed by atoms with Crippen molar-refractivity contribution in [1.29, 1.82) is 0 Å². The second-order valence-electron chi connectivity index (χ2n) is 2.29. The van der Waals surface area contributed by atoms with Gasteiger partial charge in [-0.2, -0.15) is 0 Å².